The van der Waals surface area contributed by atoms with Gasteiger partial charge < -0.3 is 4.74 Å². The molecule has 3 rings (SSSR count). The van der Waals surface area contributed by atoms with Crippen LogP contribution in [0.15, 0.2) is 72.9 Å². The summed E-state index contributed by atoms with van der Waals surface area (Å²) < 4.78 is 8.37. The lowest BCUT2D eigenvalue weighted by atomic mass is 9.85. The number of hydrogen-bond acceptors (Lipinski definition) is 2. The summed E-state index contributed by atoms with van der Waals surface area (Å²) in [7, 11) is 0. The zero-order valence-electron chi connectivity index (χ0n) is 27.7. The minimum Gasteiger partial charge on any atom is -0.493 e. The van der Waals surface area contributed by atoms with Gasteiger partial charge in [0.15, 0.2) is 6.20 Å². The molecule has 0 aliphatic heterocycles. The van der Waals surface area contributed by atoms with E-state index in [2.05, 4.69) is 52.8 Å². The Balaban J connectivity index is 1.59. The molecule has 1 amide bonds. The van der Waals surface area contributed by atoms with E-state index in [4.69, 9.17) is 4.74 Å². The van der Waals surface area contributed by atoms with E-state index in [0.717, 1.165) is 36.6 Å². The maximum atomic E-state index is 13.9. The van der Waals surface area contributed by atoms with Crippen molar-refractivity contribution >= 4 is 11.6 Å². The number of pyridine rings is 1. The first kappa shape index (κ1) is 34.4. The second-order valence-corrected chi connectivity index (χ2v) is 12.9. The Kier molecular flexibility index (Phi) is 14.8. The SMILES string of the molecule is CCCCCCCCCCCCCCOc1ccc(CN(C(=O)c2cccc[n+]2CC)c2ccccc2)cc1C(C)(C)C. The van der Waals surface area contributed by atoms with Crippen LogP contribution in [-0.4, -0.2) is 12.5 Å². The standard InChI is InChI=1S/C39H57N2O2/c1-6-8-9-10-11-12-13-14-15-16-17-23-30-43-37-28-27-33(31-35(37)39(3,4)5)32-41(34-24-19-18-20-25-34)38(42)36-26-21-22-29-40(36)7-2/h18-22,24-29,31H,6-17,23,30,32H2,1-5H3/q+1. The minimum absolute atomic E-state index is 0.00161. The summed E-state index contributed by atoms with van der Waals surface area (Å²) in [6, 6.07) is 22.3. The van der Waals surface area contributed by atoms with Crippen LogP contribution < -0.4 is 14.2 Å². The molecule has 0 spiro atoms. The average molecular weight is 586 g/mol. The van der Waals surface area contributed by atoms with Gasteiger partial charge in [-0.2, -0.15) is 4.57 Å². The van der Waals surface area contributed by atoms with E-state index in [1.54, 1.807) is 0 Å². The lowest BCUT2D eigenvalue weighted by molar-refractivity contribution is -0.695. The summed E-state index contributed by atoms with van der Waals surface area (Å²) in [5, 5.41) is 0. The molecule has 0 saturated heterocycles. The number of carbonyl (C=O) groups excluding carboxylic acids is 1. The molecule has 0 bridgehead atoms. The number of rotatable bonds is 19. The molecule has 43 heavy (non-hydrogen) atoms. The maximum absolute atomic E-state index is 13.9. The van der Waals surface area contributed by atoms with E-state index in [1.807, 2.05) is 64.2 Å². The van der Waals surface area contributed by atoms with Gasteiger partial charge in [-0.1, -0.05) is 123 Å². The summed E-state index contributed by atoms with van der Waals surface area (Å²) in [6.07, 6.45) is 18.1. The molecule has 0 N–H and O–H groups in total. The van der Waals surface area contributed by atoms with Crippen LogP contribution in [0.1, 0.15) is 133 Å². The Morgan fingerprint density at radius 1 is 0.744 bits per heavy atom. The van der Waals surface area contributed by atoms with Gasteiger partial charge in [-0.25, -0.2) is 0 Å². The van der Waals surface area contributed by atoms with Gasteiger partial charge in [-0.15, -0.1) is 0 Å². The van der Waals surface area contributed by atoms with Gasteiger partial charge in [0.05, 0.1) is 13.2 Å². The van der Waals surface area contributed by atoms with Gasteiger partial charge in [-0.05, 0) is 60.2 Å². The number of nitrogens with zero attached hydrogens (tertiary/aromatic N) is 2. The van der Waals surface area contributed by atoms with E-state index in [0.29, 0.717) is 12.2 Å². The van der Waals surface area contributed by atoms with E-state index in [1.165, 1.54) is 76.2 Å². The van der Waals surface area contributed by atoms with Crippen LogP contribution in [0.25, 0.3) is 0 Å². The highest BCUT2D eigenvalue weighted by molar-refractivity contribution is 6.03. The quantitative estimate of drug-likeness (QED) is 0.104. The summed E-state index contributed by atoms with van der Waals surface area (Å²) in [5.74, 6) is 0.960. The Morgan fingerprint density at radius 3 is 1.95 bits per heavy atom. The van der Waals surface area contributed by atoms with E-state index < -0.39 is 0 Å². The first-order valence-corrected chi connectivity index (χ1v) is 17.0. The molecule has 0 fully saturated rings. The number of aryl methyl sites for hydroxylation is 1. The maximum Gasteiger partial charge on any atom is 0.323 e. The lowest BCUT2D eigenvalue weighted by Crippen LogP contribution is -2.44. The summed E-state index contributed by atoms with van der Waals surface area (Å²) in [4.78, 5) is 15.8. The number of benzene rings is 2. The molecule has 2 aromatic carbocycles. The van der Waals surface area contributed by atoms with E-state index in [-0.39, 0.29) is 11.3 Å². The van der Waals surface area contributed by atoms with Crippen molar-refractivity contribution in [1.29, 1.82) is 0 Å². The third-order valence-electron chi connectivity index (χ3n) is 8.26. The van der Waals surface area contributed by atoms with Crippen LogP contribution in [0, 0.1) is 0 Å². The normalized spacial score (nSPS) is 11.5. The van der Waals surface area contributed by atoms with Crippen LogP contribution >= 0.6 is 0 Å². The Bertz CT molecular complexity index is 1220. The van der Waals surface area contributed by atoms with Gasteiger partial charge in [0.25, 0.3) is 5.69 Å². The Morgan fingerprint density at radius 2 is 1.35 bits per heavy atom. The third kappa shape index (κ3) is 11.5. The zero-order valence-corrected chi connectivity index (χ0v) is 27.7. The van der Waals surface area contributed by atoms with Crippen molar-refractivity contribution in [2.75, 3.05) is 11.5 Å². The van der Waals surface area contributed by atoms with Crippen molar-refractivity contribution in [2.24, 2.45) is 0 Å². The molecule has 4 nitrogen and oxygen atoms in total. The predicted octanol–water partition coefficient (Wildman–Crippen LogP) is 10.2. The lowest BCUT2D eigenvalue weighted by Gasteiger charge is -2.26. The van der Waals surface area contributed by atoms with Crippen LogP contribution in [0.2, 0.25) is 0 Å². The summed E-state index contributed by atoms with van der Waals surface area (Å²) >= 11 is 0. The van der Waals surface area contributed by atoms with Gasteiger partial charge in [0.2, 0.25) is 0 Å². The predicted molar refractivity (Wildman–Crippen MR) is 181 cm³/mol. The van der Waals surface area contributed by atoms with Crippen molar-refractivity contribution < 1.29 is 14.1 Å². The largest absolute Gasteiger partial charge is 0.493 e. The van der Waals surface area contributed by atoms with Gasteiger partial charge in [-0.3, -0.25) is 9.69 Å². The molecule has 0 unspecified atom stereocenters. The minimum atomic E-state index is -0.0753. The van der Waals surface area contributed by atoms with Crippen LogP contribution in [0.5, 0.6) is 5.75 Å². The molecule has 1 heterocycles. The number of aromatic nitrogens is 1. The second-order valence-electron chi connectivity index (χ2n) is 12.9. The third-order valence-corrected chi connectivity index (χ3v) is 8.26. The first-order valence-electron chi connectivity index (χ1n) is 17.0. The van der Waals surface area contributed by atoms with E-state index in [9.17, 15) is 4.79 Å². The molecule has 1 aromatic heterocycles. The molecular formula is C39H57N2O2+. The van der Waals surface area contributed by atoms with Crippen molar-refractivity contribution in [2.45, 2.75) is 130 Å². The fraction of sp³-hybridized carbons (Fsp3) is 0.538. The Hall–Kier alpha value is -3.14. The summed E-state index contributed by atoms with van der Waals surface area (Å²) in [6.45, 7) is 13.0. The fourth-order valence-corrected chi connectivity index (χ4v) is 5.67. The number of ether oxygens (including phenoxy) is 1. The number of carbonyl (C=O) groups is 1. The molecule has 0 radical (unpaired) electrons. The molecule has 0 aliphatic carbocycles. The van der Waals surface area contributed by atoms with Crippen LogP contribution in [0.3, 0.4) is 0 Å². The topological polar surface area (TPSA) is 33.4 Å². The number of para-hydroxylation sites is 1. The monoisotopic (exact) mass is 585 g/mol. The number of hydrogen-bond donors (Lipinski definition) is 0. The van der Waals surface area contributed by atoms with Crippen molar-refractivity contribution in [3.63, 3.8) is 0 Å². The first-order chi connectivity index (χ1) is 20.8. The second kappa shape index (κ2) is 18.5. The Labute approximate surface area is 262 Å². The molecular weight excluding hydrogens is 528 g/mol. The highest BCUT2D eigenvalue weighted by atomic mass is 16.5. The van der Waals surface area contributed by atoms with Crippen LogP contribution in [-0.2, 0) is 18.5 Å². The smallest absolute Gasteiger partial charge is 0.323 e. The molecule has 3 aromatic rings. The fourth-order valence-electron chi connectivity index (χ4n) is 5.67. The van der Waals surface area contributed by atoms with Gasteiger partial charge >= 0.3 is 5.91 Å². The number of unbranched alkanes of at least 4 members (excludes halogenated alkanes) is 11. The van der Waals surface area contributed by atoms with Crippen molar-refractivity contribution in [1.82, 2.24) is 0 Å². The van der Waals surface area contributed by atoms with Crippen molar-refractivity contribution in [3.05, 3.63) is 89.7 Å². The average Bonchev–Trinajstić information content (AvgIpc) is 3.02. The molecule has 4 heteroatoms. The van der Waals surface area contributed by atoms with Gasteiger partial charge in [0.1, 0.15) is 12.3 Å². The molecule has 0 aliphatic rings. The summed E-state index contributed by atoms with van der Waals surface area (Å²) in [5.41, 5.74) is 3.79. The highest BCUT2D eigenvalue weighted by Gasteiger charge is 2.27. The van der Waals surface area contributed by atoms with E-state index >= 15 is 0 Å². The molecule has 234 valence electrons. The molecule has 0 atom stereocenters. The molecule has 0 saturated carbocycles. The number of amides is 1. The zero-order chi connectivity index (χ0) is 30.9. The highest BCUT2D eigenvalue weighted by Crippen LogP contribution is 2.33. The number of anilines is 1. The van der Waals surface area contributed by atoms with Crippen molar-refractivity contribution in [3.8, 4) is 5.75 Å². The van der Waals surface area contributed by atoms with Crippen LogP contribution in [0.4, 0.5) is 5.69 Å². The van der Waals surface area contributed by atoms with Gasteiger partial charge in [0, 0.05) is 17.8 Å².